The predicted octanol–water partition coefficient (Wildman–Crippen LogP) is 6.66. The average molecular weight is 982 g/mol. The molecule has 2 bridgehead atoms. The summed E-state index contributed by atoms with van der Waals surface area (Å²) in [5.74, 6) is -7.07. The van der Waals surface area contributed by atoms with Gasteiger partial charge in [0.05, 0.1) is 18.3 Å². The van der Waals surface area contributed by atoms with Crippen molar-refractivity contribution in [3.05, 3.63) is 53.9 Å². The second kappa shape index (κ2) is 28.1. The molecule has 1 saturated carbocycles. The number of methoxy groups -OCH3 is 3. The van der Waals surface area contributed by atoms with Crippen LogP contribution in [0.5, 0.6) is 0 Å². The molecule has 2 saturated heterocycles. The maximum absolute atomic E-state index is 14.4. The molecular weight excluding hydrogens is 899 g/mol. The number of amides is 1. The van der Waals surface area contributed by atoms with E-state index in [4.69, 9.17) is 23.7 Å². The molecule has 70 heavy (non-hydrogen) atoms. The van der Waals surface area contributed by atoms with Gasteiger partial charge in [-0.15, -0.1) is 10.2 Å². The molecule has 4 aliphatic rings. The molecule has 1 aromatic rings. The number of aliphatic hydroxyl groups excluding tert-OH is 1. The fraction of sp³-hybridized carbons (Fsp3) is 0.736. The van der Waals surface area contributed by atoms with E-state index in [1.54, 1.807) is 41.1 Å². The van der Waals surface area contributed by atoms with Crippen LogP contribution in [0.15, 0.2) is 53.9 Å². The monoisotopic (exact) mass is 982 g/mol. The van der Waals surface area contributed by atoms with Gasteiger partial charge in [-0.25, -0.2) is 4.79 Å². The zero-order chi connectivity index (χ0) is 51.7. The minimum atomic E-state index is -2.41. The van der Waals surface area contributed by atoms with Gasteiger partial charge >= 0.3 is 5.97 Å². The lowest BCUT2D eigenvalue weighted by Gasteiger charge is -2.42. The Kier molecular flexibility index (Phi) is 23.4. The number of esters is 1. The van der Waals surface area contributed by atoms with Crippen molar-refractivity contribution < 1.29 is 57.9 Å². The van der Waals surface area contributed by atoms with Crippen LogP contribution >= 0.6 is 0 Å². The van der Waals surface area contributed by atoms with Gasteiger partial charge in [-0.1, -0.05) is 83.2 Å². The maximum atomic E-state index is 14.4. The van der Waals surface area contributed by atoms with E-state index in [1.807, 2.05) is 58.1 Å². The second-order valence-corrected chi connectivity index (χ2v) is 20.6. The number of nitrogens with one attached hydrogen (secondary N) is 1. The quantitative estimate of drug-likeness (QED) is 0.154. The van der Waals surface area contributed by atoms with Crippen LogP contribution in [0, 0.1) is 41.4 Å². The molecule has 15 atom stereocenters. The molecular formula is C53H83N5O12. The highest BCUT2D eigenvalue weighted by molar-refractivity contribution is 6.39. The van der Waals surface area contributed by atoms with Crippen LogP contribution in [0.3, 0.4) is 0 Å². The summed E-state index contributed by atoms with van der Waals surface area (Å²) in [5, 5.41) is 35.6. The first-order valence-corrected chi connectivity index (χ1v) is 25.4. The Morgan fingerprint density at radius 3 is 2.27 bits per heavy atom. The van der Waals surface area contributed by atoms with Crippen molar-refractivity contribution in [3.63, 3.8) is 0 Å². The Hall–Kier alpha value is -4.26. The molecule has 1 aliphatic carbocycles. The van der Waals surface area contributed by atoms with Crippen LogP contribution in [0.2, 0.25) is 0 Å². The molecule has 0 aromatic carbocycles. The lowest BCUT2D eigenvalue weighted by atomic mass is 9.76. The predicted molar refractivity (Wildman–Crippen MR) is 262 cm³/mol. The van der Waals surface area contributed by atoms with E-state index in [9.17, 15) is 34.2 Å². The number of tetrazole rings is 1. The molecule has 17 nitrogen and oxygen atoms in total. The largest absolute Gasteiger partial charge is 0.460 e. The van der Waals surface area contributed by atoms with Crippen LogP contribution in [0.1, 0.15) is 132 Å². The van der Waals surface area contributed by atoms with Crippen molar-refractivity contribution in [1.29, 1.82) is 0 Å². The molecule has 0 unspecified atom stereocenters. The number of Topliss-reactive ketones (excluding diaryl/α,β-unsaturated/α-hetero) is 3. The Bertz CT molecular complexity index is 1950. The van der Waals surface area contributed by atoms with E-state index in [0.717, 1.165) is 24.8 Å². The molecule has 17 heteroatoms. The van der Waals surface area contributed by atoms with Crippen LogP contribution in [-0.2, 0) is 47.7 Å². The van der Waals surface area contributed by atoms with Gasteiger partial charge in [0.1, 0.15) is 30.1 Å². The van der Waals surface area contributed by atoms with Gasteiger partial charge in [0.15, 0.2) is 12.1 Å². The highest BCUT2D eigenvalue weighted by Crippen LogP contribution is 2.38. The van der Waals surface area contributed by atoms with Crippen molar-refractivity contribution in [2.45, 2.75) is 181 Å². The molecule has 4 heterocycles. The van der Waals surface area contributed by atoms with Crippen molar-refractivity contribution in [1.82, 2.24) is 25.5 Å². The first-order chi connectivity index (χ1) is 33.2. The number of nitrogens with zero attached hydrogens (tertiary/aromatic N) is 4. The number of aliphatic hydroxyl groups is 2. The summed E-state index contributed by atoms with van der Waals surface area (Å²) in [7, 11) is 4.70. The molecule has 1 amide bonds. The van der Waals surface area contributed by atoms with Crippen LogP contribution in [-0.4, -0.2) is 141 Å². The number of allylic oxidation sites excluding steroid dienone is 6. The van der Waals surface area contributed by atoms with Crippen LogP contribution < -0.4 is 0 Å². The Labute approximate surface area is 415 Å². The minimum Gasteiger partial charge on any atom is -0.460 e. The summed E-state index contributed by atoms with van der Waals surface area (Å²) in [6.45, 7) is 15.1. The minimum absolute atomic E-state index is 0.0304. The van der Waals surface area contributed by atoms with E-state index in [-0.39, 0.29) is 54.8 Å². The number of cyclic esters (lactones) is 1. The summed E-state index contributed by atoms with van der Waals surface area (Å²) in [6.07, 6.45) is 15.0. The third-order valence-corrected chi connectivity index (χ3v) is 15.1. The van der Waals surface area contributed by atoms with E-state index in [0.29, 0.717) is 56.4 Å². The molecule has 0 radical (unpaired) electrons. The zero-order valence-corrected chi connectivity index (χ0v) is 43.6. The van der Waals surface area contributed by atoms with Crippen molar-refractivity contribution in [2.75, 3.05) is 27.9 Å². The van der Waals surface area contributed by atoms with E-state index >= 15 is 0 Å². The summed E-state index contributed by atoms with van der Waals surface area (Å²) in [6, 6.07) is -1.11. The standard InChI is InChI=1S/C52H81NO12.CH2N4/c1-31-17-13-12-14-18-32(2)44(62-10)29-40-23-21-38(8)52(60,65-40)49(57)50(58)53-24-16-15-19-41(53)51(59)64-45(35(5)27-39-22-20-33(3)43(28-39)61-9)30-42(54)34(4)26-37(7)47(56)48(63-11)46(55)36(6)25-31;1-2-4-5-3-1/h12-14,17-18,26,31,33-36,38-41,43-45,47-48,56,60H,15-16,19-25,27-30H2,1-11H3;1H,(H,2,3,4,5)/b14-12?,17-13+,32-18?,37-26+;/t31-,33+,34-,35-,36+,38-,39+,40+,41+,43-,44+,45+,47-,48+,52-;/m1./s1. The smallest absolute Gasteiger partial charge is 0.329 e. The SMILES string of the molecule is CO[C@H]1C[C@@H]2CC[C@@H](C)[C@@](O)(O2)C(=O)C(=O)N2CCCC[C@H]2C(=O)O[C@H]([C@H](C)C[C@@H]2CC[C@H](C)[C@H](OC)C2)CC(=O)[C@H](C)/C=C(\C)[C@@H](O)[C@@H](OC)C(=O)[C@@H](C)C[C@H](C)/C=C/C=CC=C1C.c1nn[nH]n1. The number of aromatic amines is 1. The van der Waals surface area contributed by atoms with Gasteiger partial charge < -0.3 is 38.8 Å². The normalized spacial score (nSPS) is 36.9. The lowest BCUT2D eigenvalue weighted by molar-refractivity contribution is -0.265. The number of ketones is 3. The van der Waals surface area contributed by atoms with E-state index in [2.05, 4.69) is 27.5 Å². The van der Waals surface area contributed by atoms with E-state index in [1.165, 1.54) is 18.3 Å². The maximum Gasteiger partial charge on any atom is 0.329 e. The number of ether oxygens (including phenoxy) is 5. The number of carbonyl (C=O) groups excluding carboxylic acids is 5. The topological polar surface area (TPSA) is 230 Å². The molecule has 3 aliphatic heterocycles. The van der Waals surface area contributed by atoms with Gasteiger partial charge in [-0.3, -0.25) is 19.2 Å². The number of hydrogen-bond donors (Lipinski definition) is 3. The van der Waals surface area contributed by atoms with Gasteiger partial charge in [-0.2, -0.15) is 5.21 Å². The summed E-state index contributed by atoms with van der Waals surface area (Å²) in [5.41, 5.74) is 1.30. The molecule has 5 rings (SSSR count). The van der Waals surface area contributed by atoms with Gasteiger partial charge in [0.2, 0.25) is 5.79 Å². The van der Waals surface area contributed by atoms with Crippen molar-refractivity contribution in [3.8, 4) is 0 Å². The molecule has 392 valence electrons. The number of rotatable bonds is 6. The number of piperidine rings is 1. The summed E-state index contributed by atoms with van der Waals surface area (Å²) >= 11 is 0. The highest BCUT2D eigenvalue weighted by atomic mass is 16.6. The fourth-order valence-corrected chi connectivity index (χ4v) is 10.5. The van der Waals surface area contributed by atoms with Gasteiger partial charge in [0, 0.05) is 58.5 Å². The third-order valence-electron chi connectivity index (χ3n) is 15.1. The fourth-order valence-electron chi connectivity index (χ4n) is 10.5. The number of carbonyl (C=O) groups is 5. The summed E-state index contributed by atoms with van der Waals surface area (Å²) in [4.78, 5) is 71.9. The number of hydrogen-bond acceptors (Lipinski definition) is 15. The molecule has 0 spiro atoms. The Morgan fingerprint density at radius 2 is 1.63 bits per heavy atom. The number of fused-ring (bicyclic) bond motifs is 3. The number of aromatic nitrogens is 4. The first kappa shape index (κ1) is 58.3. The van der Waals surface area contributed by atoms with Crippen LogP contribution in [0.25, 0.3) is 0 Å². The highest BCUT2D eigenvalue weighted by Gasteiger charge is 2.53. The molecule has 1 aromatic heterocycles. The third kappa shape index (κ3) is 16.1. The molecule has 3 N–H and O–H groups in total. The van der Waals surface area contributed by atoms with Gasteiger partial charge in [0.25, 0.3) is 11.7 Å². The number of H-pyrrole nitrogens is 1. The van der Waals surface area contributed by atoms with Crippen molar-refractivity contribution in [2.24, 2.45) is 41.4 Å². The van der Waals surface area contributed by atoms with Crippen LogP contribution in [0.4, 0.5) is 0 Å². The van der Waals surface area contributed by atoms with Gasteiger partial charge in [-0.05, 0) is 113 Å². The Balaban J connectivity index is 0.00000200. The second-order valence-electron chi connectivity index (χ2n) is 20.6. The van der Waals surface area contributed by atoms with Crippen molar-refractivity contribution >= 4 is 29.2 Å². The molecule has 3 fully saturated rings. The van der Waals surface area contributed by atoms with E-state index < -0.39 is 77.8 Å². The lowest BCUT2D eigenvalue weighted by Crippen LogP contribution is -2.61. The first-order valence-electron chi connectivity index (χ1n) is 25.4. The Morgan fingerprint density at radius 1 is 0.886 bits per heavy atom. The average Bonchev–Trinajstić information content (AvgIpc) is 3.94. The summed E-state index contributed by atoms with van der Waals surface area (Å²) < 4.78 is 29.7. The zero-order valence-electron chi connectivity index (χ0n) is 43.6.